The van der Waals surface area contributed by atoms with Crippen molar-refractivity contribution in [2.45, 2.75) is 26.4 Å². The van der Waals surface area contributed by atoms with Gasteiger partial charge < -0.3 is 24.6 Å². The van der Waals surface area contributed by atoms with Crippen molar-refractivity contribution in [3.05, 3.63) is 59.2 Å². The molecule has 1 atom stereocenters. The molecule has 0 aliphatic carbocycles. The van der Waals surface area contributed by atoms with Crippen LogP contribution in [-0.4, -0.2) is 51.8 Å². The van der Waals surface area contributed by atoms with Crippen LogP contribution in [0.4, 0.5) is 0 Å². The van der Waals surface area contributed by atoms with Gasteiger partial charge in [-0.2, -0.15) is 0 Å². The lowest BCUT2D eigenvalue weighted by Gasteiger charge is -2.29. The van der Waals surface area contributed by atoms with Crippen LogP contribution in [0.2, 0.25) is 0 Å². The predicted octanol–water partition coefficient (Wildman–Crippen LogP) is -0.0730. The summed E-state index contributed by atoms with van der Waals surface area (Å²) in [4.78, 5) is 15.6. The van der Waals surface area contributed by atoms with Gasteiger partial charge in [0.25, 0.3) is 5.91 Å². The van der Waals surface area contributed by atoms with E-state index in [4.69, 9.17) is 9.47 Å². The summed E-state index contributed by atoms with van der Waals surface area (Å²) in [6.45, 7) is 11.2. The largest absolute Gasteiger partial charge is 0.486 e. The SMILES string of the molecule is Cc1cccc(C[NH+]2CC[NH+](CC(=O)N[C@@H](C)c3ccc4c(c3)OCCO4)CC2)c1. The minimum atomic E-state index is -0.0547. The van der Waals surface area contributed by atoms with Gasteiger partial charge in [-0.25, -0.2) is 0 Å². The molecule has 0 unspecified atom stereocenters. The number of rotatable bonds is 6. The van der Waals surface area contributed by atoms with Gasteiger partial charge in [0, 0.05) is 5.56 Å². The van der Waals surface area contributed by atoms with E-state index in [1.165, 1.54) is 16.0 Å². The van der Waals surface area contributed by atoms with E-state index in [2.05, 4.69) is 36.5 Å². The Morgan fingerprint density at radius 2 is 1.73 bits per heavy atom. The highest BCUT2D eigenvalue weighted by Crippen LogP contribution is 2.32. The van der Waals surface area contributed by atoms with Crippen LogP contribution in [0.25, 0.3) is 0 Å². The Morgan fingerprint density at radius 1 is 1.00 bits per heavy atom. The van der Waals surface area contributed by atoms with Gasteiger partial charge in [0.2, 0.25) is 0 Å². The van der Waals surface area contributed by atoms with Crippen molar-refractivity contribution in [2.75, 3.05) is 45.9 Å². The molecule has 1 fully saturated rings. The Bertz CT molecular complexity index is 878. The fourth-order valence-electron chi connectivity index (χ4n) is 4.35. The fraction of sp³-hybridized carbons (Fsp3) is 0.458. The maximum Gasteiger partial charge on any atom is 0.275 e. The smallest absolute Gasteiger partial charge is 0.275 e. The van der Waals surface area contributed by atoms with Gasteiger partial charge in [-0.1, -0.05) is 35.9 Å². The Hall–Kier alpha value is -2.57. The van der Waals surface area contributed by atoms with Gasteiger partial charge in [-0.05, 0) is 31.5 Å². The minimum absolute atomic E-state index is 0.0547. The molecule has 0 saturated carbocycles. The highest BCUT2D eigenvalue weighted by atomic mass is 16.6. The monoisotopic (exact) mass is 411 g/mol. The van der Waals surface area contributed by atoms with E-state index in [0.29, 0.717) is 19.8 Å². The normalized spacial score (nSPS) is 21.7. The highest BCUT2D eigenvalue weighted by molar-refractivity contribution is 5.77. The van der Waals surface area contributed by atoms with Crippen molar-refractivity contribution in [3.8, 4) is 11.5 Å². The highest BCUT2D eigenvalue weighted by Gasteiger charge is 2.25. The minimum Gasteiger partial charge on any atom is -0.486 e. The number of carbonyl (C=O) groups is 1. The van der Waals surface area contributed by atoms with Crippen molar-refractivity contribution < 1.29 is 24.1 Å². The molecule has 1 saturated heterocycles. The molecular formula is C24H33N3O3+2. The molecule has 0 aromatic heterocycles. The van der Waals surface area contributed by atoms with Gasteiger partial charge in [0.1, 0.15) is 45.9 Å². The Balaban J connectivity index is 1.23. The number of carbonyl (C=O) groups excluding carboxylic acids is 1. The fourth-order valence-corrected chi connectivity index (χ4v) is 4.35. The molecule has 1 amide bonds. The molecule has 0 radical (unpaired) electrons. The zero-order valence-electron chi connectivity index (χ0n) is 18.0. The first kappa shape index (κ1) is 20.7. The van der Waals surface area contributed by atoms with Crippen LogP contribution in [0.3, 0.4) is 0 Å². The molecule has 6 nitrogen and oxygen atoms in total. The Kier molecular flexibility index (Phi) is 6.55. The zero-order chi connectivity index (χ0) is 20.9. The molecule has 6 heteroatoms. The average molecular weight is 412 g/mol. The first-order valence-corrected chi connectivity index (χ1v) is 11.0. The van der Waals surface area contributed by atoms with Gasteiger partial charge in [-0.3, -0.25) is 4.79 Å². The summed E-state index contributed by atoms with van der Waals surface area (Å²) >= 11 is 0. The molecule has 2 aliphatic rings. The van der Waals surface area contributed by atoms with Crippen LogP contribution in [0.1, 0.15) is 29.7 Å². The van der Waals surface area contributed by atoms with Crippen LogP contribution in [0.5, 0.6) is 11.5 Å². The molecule has 160 valence electrons. The predicted molar refractivity (Wildman–Crippen MR) is 115 cm³/mol. The first-order chi connectivity index (χ1) is 14.6. The Morgan fingerprint density at radius 3 is 2.50 bits per heavy atom. The molecule has 0 bridgehead atoms. The van der Waals surface area contributed by atoms with Crippen LogP contribution < -0.4 is 24.6 Å². The van der Waals surface area contributed by atoms with E-state index in [1.54, 1.807) is 4.90 Å². The maximum atomic E-state index is 12.6. The van der Waals surface area contributed by atoms with Crippen molar-refractivity contribution in [3.63, 3.8) is 0 Å². The number of fused-ring (bicyclic) bond motifs is 1. The van der Waals surface area contributed by atoms with Gasteiger partial charge in [0.15, 0.2) is 18.0 Å². The van der Waals surface area contributed by atoms with Crippen LogP contribution in [0, 0.1) is 6.92 Å². The third-order valence-corrected chi connectivity index (χ3v) is 6.06. The average Bonchev–Trinajstić information content (AvgIpc) is 2.75. The summed E-state index contributed by atoms with van der Waals surface area (Å²) in [5.41, 5.74) is 3.76. The van der Waals surface area contributed by atoms with Crippen molar-refractivity contribution >= 4 is 5.91 Å². The van der Waals surface area contributed by atoms with E-state index >= 15 is 0 Å². The van der Waals surface area contributed by atoms with Crippen LogP contribution in [0.15, 0.2) is 42.5 Å². The van der Waals surface area contributed by atoms with Crippen molar-refractivity contribution in [1.29, 1.82) is 0 Å². The Labute approximate surface area is 178 Å². The lowest BCUT2D eigenvalue weighted by molar-refractivity contribution is -1.02. The molecular weight excluding hydrogens is 378 g/mol. The second kappa shape index (κ2) is 9.49. The number of ether oxygens (including phenoxy) is 2. The number of piperazine rings is 1. The second-order valence-electron chi connectivity index (χ2n) is 8.53. The number of hydrogen-bond donors (Lipinski definition) is 3. The van der Waals surface area contributed by atoms with Gasteiger partial charge >= 0.3 is 0 Å². The second-order valence-corrected chi connectivity index (χ2v) is 8.53. The maximum absolute atomic E-state index is 12.6. The van der Waals surface area contributed by atoms with Crippen molar-refractivity contribution in [2.24, 2.45) is 0 Å². The topological polar surface area (TPSA) is 56.4 Å². The van der Waals surface area contributed by atoms with E-state index in [0.717, 1.165) is 49.8 Å². The van der Waals surface area contributed by atoms with E-state index in [9.17, 15) is 4.79 Å². The molecule has 30 heavy (non-hydrogen) atoms. The summed E-state index contributed by atoms with van der Waals surface area (Å²) in [7, 11) is 0. The van der Waals surface area contributed by atoms with E-state index in [1.807, 2.05) is 25.1 Å². The quantitative estimate of drug-likeness (QED) is 0.624. The van der Waals surface area contributed by atoms with Crippen LogP contribution in [-0.2, 0) is 11.3 Å². The molecule has 3 N–H and O–H groups in total. The summed E-state index contributed by atoms with van der Waals surface area (Å²) < 4.78 is 11.2. The molecule has 0 spiro atoms. The molecule has 2 aliphatic heterocycles. The van der Waals surface area contributed by atoms with Gasteiger partial charge in [-0.15, -0.1) is 0 Å². The number of amides is 1. The summed E-state index contributed by atoms with van der Waals surface area (Å²) in [6, 6.07) is 14.6. The molecule has 2 aromatic carbocycles. The number of nitrogens with one attached hydrogen (secondary N) is 3. The number of aryl methyl sites for hydroxylation is 1. The summed E-state index contributed by atoms with van der Waals surface area (Å²) in [5.74, 6) is 1.65. The summed E-state index contributed by atoms with van der Waals surface area (Å²) in [5, 5.41) is 3.14. The number of hydrogen-bond acceptors (Lipinski definition) is 3. The lowest BCUT2D eigenvalue weighted by atomic mass is 10.1. The lowest BCUT2D eigenvalue weighted by Crippen LogP contribution is -3.28. The van der Waals surface area contributed by atoms with Crippen molar-refractivity contribution in [1.82, 2.24) is 5.32 Å². The molecule has 4 rings (SSSR count). The van der Waals surface area contributed by atoms with E-state index in [-0.39, 0.29) is 11.9 Å². The summed E-state index contributed by atoms with van der Waals surface area (Å²) in [6.07, 6.45) is 0. The third-order valence-electron chi connectivity index (χ3n) is 6.06. The van der Waals surface area contributed by atoms with Gasteiger partial charge in [0.05, 0.1) is 6.04 Å². The first-order valence-electron chi connectivity index (χ1n) is 11.0. The molecule has 2 aromatic rings. The van der Waals surface area contributed by atoms with E-state index < -0.39 is 0 Å². The standard InChI is InChI=1S/C24H31N3O3/c1-18-4-3-5-20(14-18)16-26-8-10-27(11-9-26)17-24(28)25-19(2)21-6-7-22-23(15-21)30-13-12-29-22/h3-7,14-15,19H,8-13,16-17H2,1-2H3,(H,25,28)/p+2/t19-/m0/s1. The molecule has 2 heterocycles. The zero-order valence-corrected chi connectivity index (χ0v) is 18.0. The number of quaternary nitrogens is 2. The number of benzene rings is 2. The third kappa shape index (κ3) is 5.32. The van der Waals surface area contributed by atoms with Crippen LogP contribution >= 0.6 is 0 Å².